The van der Waals surface area contributed by atoms with Crippen LogP contribution in [0.15, 0.2) is 37.0 Å². The number of hydrogen-bond acceptors (Lipinski definition) is 5. The monoisotopic (exact) mass is 340 g/mol. The maximum absolute atomic E-state index is 11.2. The average Bonchev–Trinajstić information content (AvgIpc) is 2.52. The van der Waals surface area contributed by atoms with Gasteiger partial charge in [-0.1, -0.05) is 18.2 Å². The number of allylic oxidation sites excluding steroid dienone is 2. The van der Waals surface area contributed by atoms with Crippen molar-refractivity contribution in [2.75, 3.05) is 19.8 Å². The second-order valence-corrected chi connectivity index (χ2v) is 7.60. The summed E-state index contributed by atoms with van der Waals surface area (Å²) in [5.41, 5.74) is 0. The third-order valence-corrected chi connectivity index (χ3v) is 5.65. The molecule has 0 aliphatic rings. The lowest BCUT2D eigenvalue weighted by Crippen LogP contribution is -2.20. The van der Waals surface area contributed by atoms with Gasteiger partial charge in [-0.2, -0.15) is 0 Å². The fourth-order valence-electron chi connectivity index (χ4n) is 1.85. The van der Waals surface area contributed by atoms with Crippen LogP contribution in [0.5, 0.6) is 0 Å². The first kappa shape index (κ1) is 21.3. The van der Waals surface area contributed by atoms with Crippen molar-refractivity contribution < 1.29 is 23.5 Å². The van der Waals surface area contributed by atoms with Gasteiger partial charge >= 0.3 is 11.9 Å². The first-order valence-electron chi connectivity index (χ1n) is 7.95. The highest BCUT2D eigenvalue weighted by molar-refractivity contribution is 6.51. The van der Waals surface area contributed by atoms with Crippen LogP contribution in [0.4, 0.5) is 0 Å². The molecule has 5 nitrogen and oxygen atoms in total. The third kappa shape index (κ3) is 13.7. The van der Waals surface area contributed by atoms with Crippen LogP contribution in [-0.2, 0) is 23.5 Å². The predicted molar refractivity (Wildman–Crippen MR) is 93.7 cm³/mol. The lowest BCUT2D eigenvalue weighted by atomic mass is 10.5. The maximum atomic E-state index is 11.2. The molecule has 130 valence electrons. The Balaban J connectivity index is 3.94. The maximum Gasteiger partial charge on any atom is 0.330 e. The molecule has 23 heavy (non-hydrogen) atoms. The van der Waals surface area contributed by atoms with Gasteiger partial charge in [0.2, 0.25) is 0 Å². The molecule has 0 saturated carbocycles. The van der Waals surface area contributed by atoms with Crippen molar-refractivity contribution in [2.24, 2.45) is 0 Å². The molecule has 0 spiro atoms. The number of esters is 2. The fourth-order valence-corrected chi connectivity index (χ4v) is 4.13. The van der Waals surface area contributed by atoms with E-state index in [1.807, 2.05) is 0 Å². The minimum atomic E-state index is -1.40. The van der Waals surface area contributed by atoms with E-state index in [0.717, 1.165) is 24.9 Å². The number of hydrogen-bond donors (Lipinski definition) is 0. The summed E-state index contributed by atoms with van der Waals surface area (Å²) in [7, 11) is -1.40. The van der Waals surface area contributed by atoms with Gasteiger partial charge in [-0.05, 0) is 38.8 Å². The summed E-state index contributed by atoms with van der Waals surface area (Å²) in [6.45, 7) is 8.55. The zero-order valence-corrected chi connectivity index (χ0v) is 15.3. The number of rotatable bonds is 13. The molecular weight excluding hydrogens is 312 g/mol. The predicted octanol–water partition coefficient (Wildman–Crippen LogP) is 2.93. The number of carbonyl (C=O) groups is 2. The third-order valence-electron chi connectivity index (χ3n) is 2.88. The highest BCUT2D eigenvalue weighted by atomic mass is 28.3. The molecule has 0 N–H and O–H groups in total. The summed E-state index contributed by atoms with van der Waals surface area (Å²) >= 11 is 0. The zero-order chi connectivity index (χ0) is 17.3. The van der Waals surface area contributed by atoms with E-state index in [9.17, 15) is 9.59 Å². The van der Waals surface area contributed by atoms with E-state index < -0.39 is 9.04 Å². The van der Waals surface area contributed by atoms with Gasteiger partial charge < -0.3 is 13.9 Å². The summed E-state index contributed by atoms with van der Waals surface area (Å²) in [5, 5.41) is 0. The van der Waals surface area contributed by atoms with Gasteiger partial charge in [-0.15, -0.1) is 6.58 Å². The Morgan fingerprint density at radius 2 is 1.43 bits per heavy atom. The van der Waals surface area contributed by atoms with Crippen molar-refractivity contribution in [3.05, 3.63) is 37.0 Å². The van der Waals surface area contributed by atoms with E-state index in [0.29, 0.717) is 19.8 Å². The van der Waals surface area contributed by atoms with Crippen molar-refractivity contribution in [2.45, 2.75) is 38.8 Å². The van der Waals surface area contributed by atoms with Crippen molar-refractivity contribution in [1.29, 1.82) is 0 Å². The second-order valence-electron chi connectivity index (χ2n) is 4.86. The molecule has 0 aliphatic carbocycles. The molecule has 0 rings (SSSR count). The summed E-state index contributed by atoms with van der Waals surface area (Å²) in [6.07, 6.45) is 9.43. The second kappa shape index (κ2) is 15.2. The zero-order valence-electron chi connectivity index (χ0n) is 14.2. The van der Waals surface area contributed by atoms with Crippen LogP contribution in [-0.4, -0.2) is 40.8 Å². The molecule has 0 atom stereocenters. The minimum absolute atomic E-state index is 0.311. The molecule has 0 saturated heterocycles. The highest BCUT2D eigenvalue weighted by Crippen LogP contribution is 2.09. The molecule has 0 aliphatic heterocycles. The SMILES string of the molecule is C=CCO[SiH](CCCOC(=O)C=CC)CCCOC(=O)C=CC. The van der Waals surface area contributed by atoms with E-state index in [2.05, 4.69) is 6.58 Å². The molecule has 0 unspecified atom stereocenters. The summed E-state index contributed by atoms with van der Waals surface area (Å²) < 4.78 is 15.9. The van der Waals surface area contributed by atoms with Gasteiger partial charge in [0.1, 0.15) is 0 Å². The lowest BCUT2D eigenvalue weighted by Gasteiger charge is -2.15. The van der Waals surface area contributed by atoms with Crippen molar-refractivity contribution in [3.63, 3.8) is 0 Å². The molecule has 0 aromatic carbocycles. The van der Waals surface area contributed by atoms with E-state index in [1.165, 1.54) is 12.2 Å². The van der Waals surface area contributed by atoms with E-state index >= 15 is 0 Å². The fraction of sp³-hybridized carbons (Fsp3) is 0.529. The average molecular weight is 340 g/mol. The van der Waals surface area contributed by atoms with Crippen LogP contribution < -0.4 is 0 Å². The van der Waals surface area contributed by atoms with Gasteiger partial charge in [-0.25, -0.2) is 9.59 Å². The summed E-state index contributed by atoms with van der Waals surface area (Å²) in [5.74, 6) is -0.623. The van der Waals surface area contributed by atoms with Gasteiger partial charge in [0, 0.05) is 12.2 Å². The number of carbonyl (C=O) groups excluding carboxylic acids is 2. The minimum Gasteiger partial charge on any atom is -0.463 e. The normalized spacial score (nSPS) is 12.4. The van der Waals surface area contributed by atoms with Crippen LogP contribution in [0.25, 0.3) is 0 Å². The first-order chi connectivity index (χ1) is 11.1. The number of ether oxygens (including phenoxy) is 2. The van der Waals surface area contributed by atoms with Crippen LogP contribution in [0.3, 0.4) is 0 Å². The molecule has 0 bridgehead atoms. The molecule has 0 amide bonds. The molecule has 0 fully saturated rings. The Labute approximate surface area is 140 Å². The quantitative estimate of drug-likeness (QED) is 0.170. The highest BCUT2D eigenvalue weighted by Gasteiger charge is 2.12. The molecule has 0 aromatic rings. The van der Waals surface area contributed by atoms with Gasteiger partial charge in [0.25, 0.3) is 0 Å². The lowest BCUT2D eigenvalue weighted by molar-refractivity contribution is -0.138. The molecule has 0 radical (unpaired) electrons. The van der Waals surface area contributed by atoms with Crippen molar-refractivity contribution in [3.8, 4) is 0 Å². The van der Waals surface area contributed by atoms with Crippen molar-refractivity contribution >= 4 is 21.0 Å². The Hall–Kier alpha value is -1.66. The van der Waals surface area contributed by atoms with E-state index in [1.54, 1.807) is 32.1 Å². The Bertz CT molecular complexity index is 372. The first-order valence-corrected chi connectivity index (χ1v) is 10.1. The Kier molecular flexibility index (Phi) is 14.1. The Morgan fingerprint density at radius 1 is 0.957 bits per heavy atom. The van der Waals surface area contributed by atoms with Crippen LogP contribution in [0.2, 0.25) is 12.1 Å². The summed E-state index contributed by atoms with van der Waals surface area (Å²) in [4.78, 5) is 22.4. The standard InChI is InChI=1S/C17H28O5Si/c1-4-9-16(18)20-12-7-14-23(22-11-6-3)15-8-13-21-17(19)10-5-2/h4-6,9-10,23H,3,7-8,11-15H2,1-2H3. The van der Waals surface area contributed by atoms with Gasteiger partial charge in [0.15, 0.2) is 9.04 Å². The Morgan fingerprint density at radius 3 is 1.83 bits per heavy atom. The molecular formula is C17H28O5Si. The largest absolute Gasteiger partial charge is 0.463 e. The van der Waals surface area contributed by atoms with Crippen molar-refractivity contribution in [1.82, 2.24) is 0 Å². The van der Waals surface area contributed by atoms with E-state index in [-0.39, 0.29) is 11.9 Å². The van der Waals surface area contributed by atoms with Crippen LogP contribution in [0, 0.1) is 0 Å². The van der Waals surface area contributed by atoms with Crippen LogP contribution in [0.1, 0.15) is 26.7 Å². The topological polar surface area (TPSA) is 61.8 Å². The summed E-state index contributed by atoms with van der Waals surface area (Å²) in [6, 6.07) is 1.83. The smallest absolute Gasteiger partial charge is 0.330 e. The van der Waals surface area contributed by atoms with Gasteiger partial charge in [-0.3, -0.25) is 0 Å². The van der Waals surface area contributed by atoms with Gasteiger partial charge in [0.05, 0.1) is 19.8 Å². The van der Waals surface area contributed by atoms with Crippen LogP contribution >= 0.6 is 0 Å². The van der Waals surface area contributed by atoms with E-state index in [4.69, 9.17) is 13.9 Å². The molecule has 6 heteroatoms. The molecule has 0 heterocycles. The molecule has 0 aromatic heterocycles.